The van der Waals surface area contributed by atoms with Crippen molar-refractivity contribution in [2.75, 3.05) is 13.3 Å². The number of rotatable bonds is 6. The van der Waals surface area contributed by atoms with Crippen molar-refractivity contribution in [2.45, 2.75) is 18.1 Å². The summed E-state index contributed by atoms with van der Waals surface area (Å²) in [6.07, 6.45) is 4.72. The second-order valence-electron chi connectivity index (χ2n) is 5.87. The fourth-order valence-corrected chi connectivity index (χ4v) is 4.25. The maximum Gasteiger partial charge on any atom is 0.270 e. The SMILES string of the molecule is CC1(S(=O)(=O)n2ncc3cccnc32)C=C([N+](=O)[O-])C=C(OCCF)C1. The van der Waals surface area contributed by atoms with Gasteiger partial charge in [0, 0.05) is 24.1 Å². The minimum Gasteiger partial charge on any atom is -0.495 e. The summed E-state index contributed by atoms with van der Waals surface area (Å²) >= 11 is 0. The van der Waals surface area contributed by atoms with Gasteiger partial charge in [0.2, 0.25) is 0 Å². The third kappa shape index (κ3) is 2.94. The maximum absolute atomic E-state index is 13.2. The second kappa shape index (κ2) is 6.48. The molecule has 0 radical (unpaired) electrons. The Kier molecular flexibility index (Phi) is 4.48. The molecule has 0 fully saturated rings. The zero-order valence-corrected chi connectivity index (χ0v) is 14.5. The number of hydrogen-bond acceptors (Lipinski definition) is 7. The first-order valence-corrected chi connectivity index (χ1v) is 9.03. The number of alkyl halides is 1. The summed E-state index contributed by atoms with van der Waals surface area (Å²) in [5, 5.41) is 15.6. The number of ether oxygens (including phenoxy) is 1. The minimum atomic E-state index is -4.22. The van der Waals surface area contributed by atoms with E-state index in [9.17, 15) is 22.9 Å². The molecule has 138 valence electrons. The number of hydrogen-bond donors (Lipinski definition) is 0. The highest BCUT2D eigenvalue weighted by molar-refractivity contribution is 7.91. The molecule has 11 heteroatoms. The Hall–Kier alpha value is -2.82. The average molecular weight is 382 g/mol. The molecule has 0 aromatic carbocycles. The van der Waals surface area contributed by atoms with Crippen molar-refractivity contribution in [1.29, 1.82) is 0 Å². The molecule has 0 saturated carbocycles. The highest BCUT2D eigenvalue weighted by atomic mass is 32.2. The monoisotopic (exact) mass is 382 g/mol. The molecule has 0 spiro atoms. The third-order valence-electron chi connectivity index (χ3n) is 3.98. The van der Waals surface area contributed by atoms with Crippen molar-refractivity contribution in [3.63, 3.8) is 0 Å². The first-order chi connectivity index (χ1) is 12.3. The van der Waals surface area contributed by atoms with Gasteiger partial charge in [0.05, 0.1) is 17.2 Å². The van der Waals surface area contributed by atoms with E-state index in [1.807, 2.05) is 0 Å². The van der Waals surface area contributed by atoms with E-state index in [0.29, 0.717) is 5.39 Å². The Bertz CT molecular complexity index is 1030. The number of pyridine rings is 1. The zero-order valence-electron chi connectivity index (χ0n) is 13.7. The van der Waals surface area contributed by atoms with Crippen LogP contribution in [0.1, 0.15) is 13.3 Å². The van der Waals surface area contributed by atoms with Crippen molar-refractivity contribution < 1.29 is 22.5 Å². The van der Waals surface area contributed by atoms with Crippen LogP contribution in [0.3, 0.4) is 0 Å². The minimum absolute atomic E-state index is 0.0207. The summed E-state index contributed by atoms with van der Waals surface area (Å²) in [4.78, 5) is 14.5. The quantitative estimate of drug-likeness (QED) is 0.552. The Balaban J connectivity index is 2.10. The number of nitro groups is 1. The van der Waals surface area contributed by atoms with Crippen LogP contribution >= 0.6 is 0 Å². The van der Waals surface area contributed by atoms with Gasteiger partial charge in [-0.05, 0) is 19.1 Å². The van der Waals surface area contributed by atoms with Crippen LogP contribution in [0.2, 0.25) is 0 Å². The van der Waals surface area contributed by atoms with Crippen molar-refractivity contribution >= 4 is 21.1 Å². The Morgan fingerprint density at radius 3 is 2.96 bits per heavy atom. The van der Waals surface area contributed by atoms with Crippen molar-refractivity contribution in [1.82, 2.24) is 14.2 Å². The predicted molar refractivity (Wildman–Crippen MR) is 90.0 cm³/mol. The summed E-state index contributed by atoms with van der Waals surface area (Å²) in [5.74, 6) is 0.0207. The first kappa shape index (κ1) is 18.0. The number of aromatic nitrogens is 3. The molecule has 1 atom stereocenters. The van der Waals surface area contributed by atoms with Gasteiger partial charge >= 0.3 is 0 Å². The average Bonchev–Trinajstić information content (AvgIpc) is 3.04. The lowest BCUT2D eigenvalue weighted by Crippen LogP contribution is -2.41. The van der Waals surface area contributed by atoms with Crippen molar-refractivity contribution in [3.05, 3.63) is 58.2 Å². The fourth-order valence-electron chi connectivity index (χ4n) is 2.71. The predicted octanol–water partition coefficient (Wildman–Crippen LogP) is 1.80. The summed E-state index contributed by atoms with van der Waals surface area (Å²) in [6.45, 7) is 0.208. The van der Waals surface area contributed by atoms with E-state index in [0.717, 1.165) is 16.2 Å². The lowest BCUT2D eigenvalue weighted by atomic mass is 9.99. The van der Waals surface area contributed by atoms with E-state index in [-0.39, 0.29) is 24.4 Å². The fraction of sp³-hybridized carbons (Fsp3) is 0.333. The van der Waals surface area contributed by atoms with Gasteiger partial charge in [-0.15, -0.1) is 4.09 Å². The summed E-state index contributed by atoms with van der Waals surface area (Å²) in [7, 11) is -4.22. The van der Waals surface area contributed by atoms with Crippen molar-refractivity contribution in [3.8, 4) is 0 Å². The number of allylic oxidation sites excluding steroid dienone is 2. The van der Waals surface area contributed by atoms with Gasteiger partial charge in [-0.25, -0.2) is 17.8 Å². The molecule has 1 unspecified atom stereocenters. The van der Waals surface area contributed by atoms with Crippen LogP contribution in [0.5, 0.6) is 0 Å². The molecule has 0 N–H and O–H groups in total. The van der Waals surface area contributed by atoms with Gasteiger partial charge in [-0.2, -0.15) is 5.10 Å². The summed E-state index contributed by atoms with van der Waals surface area (Å²) in [5.41, 5.74) is -0.328. The van der Waals surface area contributed by atoms with Gasteiger partial charge in [0.1, 0.15) is 23.8 Å². The largest absolute Gasteiger partial charge is 0.495 e. The second-order valence-corrected chi connectivity index (χ2v) is 8.10. The molecule has 2 aromatic heterocycles. The van der Waals surface area contributed by atoms with E-state index in [4.69, 9.17) is 4.74 Å². The van der Waals surface area contributed by atoms with Crippen LogP contribution in [0.25, 0.3) is 11.0 Å². The van der Waals surface area contributed by atoms with E-state index < -0.39 is 32.1 Å². The van der Waals surface area contributed by atoms with Crippen LogP contribution in [0, 0.1) is 10.1 Å². The maximum atomic E-state index is 13.2. The molecule has 0 bridgehead atoms. The molecule has 0 saturated heterocycles. The zero-order chi connectivity index (χ0) is 18.9. The normalized spacial score (nSPS) is 20.5. The molecule has 1 aliphatic carbocycles. The summed E-state index contributed by atoms with van der Waals surface area (Å²) < 4.78 is 43.0. The smallest absolute Gasteiger partial charge is 0.270 e. The molecule has 26 heavy (non-hydrogen) atoms. The van der Waals surface area contributed by atoms with E-state index in [1.165, 1.54) is 19.3 Å². The number of fused-ring (bicyclic) bond motifs is 1. The van der Waals surface area contributed by atoms with Crippen LogP contribution in [0.15, 0.2) is 48.1 Å². The van der Waals surface area contributed by atoms with Crippen LogP contribution < -0.4 is 0 Å². The molecule has 0 aliphatic heterocycles. The lowest BCUT2D eigenvalue weighted by molar-refractivity contribution is -0.419. The van der Waals surface area contributed by atoms with Crippen molar-refractivity contribution in [2.24, 2.45) is 0 Å². The molecule has 9 nitrogen and oxygen atoms in total. The molecular weight excluding hydrogens is 367 g/mol. The third-order valence-corrected chi connectivity index (χ3v) is 6.14. The van der Waals surface area contributed by atoms with E-state index >= 15 is 0 Å². The number of nitrogens with zero attached hydrogens (tertiary/aromatic N) is 4. The molecular formula is C15H15FN4O5S. The van der Waals surface area contributed by atoms with Crippen LogP contribution in [-0.4, -0.2) is 45.5 Å². The molecule has 0 amide bonds. The summed E-state index contributed by atoms with van der Waals surface area (Å²) in [6, 6.07) is 3.29. The molecule has 2 heterocycles. The number of halogens is 1. The van der Waals surface area contributed by atoms with Gasteiger partial charge in [0.15, 0.2) is 5.65 Å². The van der Waals surface area contributed by atoms with Gasteiger partial charge < -0.3 is 4.74 Å². The highest BCUT2D eigenvalue weighted by Gasteiger charge is 2.45. The lowest BCUT2D eigenvalue weighted by Gasteiger charge is -2.28. The van der Waals surface area contributed by atoms with Gasteiger partial charge in [0.25, 0.3) is 15.7 Å². The van der Waals surface area contributed by atoms with E-state index in [1.54, 1.807) is 12.1 Å². The van der Waals surface area contributed by atoms with Crippen LogP contribution in [-0.2, 0) is 14.8 Å². The van der Waals surface area contributed by atoms with E-state index in [2.05, 4.69) is 10.1 Å². The van der Waals surface area contributed by atoms with Gasteiger partial charge in [-0.1, -0.05) is 0 Å². The molecule has 2 aromatic rings. The van der Waals surface area contributed by atoms with Gasteiger partial charge in [-0.3, -0.25) is 10.1 Å². The van der Waals surface area contributed by atoms with Crippen LogP contribution in [0.4, 0.5) is 4.39 Å². The Morgan fingerprint density at radius 1 is 1.50 bits per heavy atom. The topological polar surface area (TPSA) is 117 Å². The highest BCUT2D eigenvalue weighted by Crippen LogP contribution is 2.35. The molecule has 1 aliphatic rings. The Morgan fingerprint density at radius 2 is 2.27 bits per heavy atom. The standard InChI is InChI=1S/C15H15FN4O5S/c1-15(8-12(20(21)22)7-13(9-15)25-6-4-16)26(23,24)19-14-11(10-18-19)3-2-5-17-14/h2-3,5,7-8,10H,4,6,9H2,1H3. The Labute approximate surface area is 148 Å². The molecule has 3 rings (SSSR count). The first-order valence-electron chi connectivity index (χ1n) is 7.59.